The van der Waals surface area contributed by atoms with E-state index in [-0.39, 0.29) is 11.5 Å². The molecule has 0 radical (unpaired) electrons. The summed E-state index contributed by atoms with van der Waals surface area (Å²) < 4.78 is 1.81. The standard InChI is InChI=1S/C21H23N3O2/c1-23(2)20(25)17-9-4-3-8-15(17)18-13-24(12-14-6-5-7-14)21(26)19-16(18)10-11-22-19/h3-4,8-11,13-14,22H,5-7,12H2,1-2H3. The Bertz CT molecular complexity index is 1030. The van der Waals surface area contributed by atoms with Crippen molar-refractivity contribution in [2.24, 2.45) is 5.92 Å². The van der Waals surface area contributed by atoms with Gasteiger partial charge in [0.25, 0.3) is 11.5 Å². The summed E-state index contributed by atoms with van der Waals surface area (Å²) in [6.45, 7) is 0.741. The summed E-state index contributed by atoms with van der Waals surface area (Å²) in [5.41, 5.74) is 3.05. The molecule has 0 unspecified atom stereocenters. The Hall–Kier alpha value is -2.82. The molecule has 2 aromatic heterocycles. The maximum absolute atomic E-state index is 12.8. The normalized spacial score (nSPS) is 14.4. The zero-order chi connectivity index (χ0) is 18.3. The monoisotopic (exact) mass is 349 g/mol. The highest BCUT2D eigenvalue weighted by atomic mass is 16.2. The van der Waals surface area contributed by atoms with Crippen LogP contribution in [0.3, 0.4) is 0 Å². The van der Waals surface area contributed by atoms with Gasteiger partial charge in [0.15, 0.2) is 0 Å². The number of nitrogens with one attached hydrogen (secondary N) is 1. The summed E-state index contributed by atoms with van der Waals surface area (Å²) in [5.74, 6) is 0.535. The van der Waals surface area contributed by atoms with E-state index in [4.69, 9.17) is 0 Å². The molecular weight excluding hydrogens is 326 g/mol. The molecule has 2 heterocycles. The lowest BCUT2D eigenvalue weighted by atomic mass is 9.85. The van der Waals surface area contributed by atoms with Crippen LogP contribution in [0, 0.1) is 5.92 Å². The third-order valence-electron chi connectivity index (χ3n) is 5.33. The maximum Gasteiger partial charge on any atom is 0.274 e. The molecule has 1 aromatic carbocycles. The SMILES string of the molecule is CN(C)C(=O)c1ccccc1-c1cn(CC2CCC2)c(=O)c2[nH]ccc12. The quantitative estimate of drug-likeness (QED) is 0.784. The minimum absolute atomic E-state index is 0.0112. The summed E-state index contributed by atoms with van der Waals surface area (Å²) in [7, 11) is 3.50. The van der Waals surface area contributed by atoms with Crippen molar-refractivity contribution in [3.8, 4) is 11.1 Å². The molecule has 0 spiro atoms. The Labute approximate surface area is 152 Å². The number of carbonyl (C=O) groups is 1. The van der Waals surface area contributed by atoms with Crippen LogP contribution < -0.4 is 5.56 Å². The van der Waals surface area contributed by atoms with Gasteiger partial charge in [-0.25, -0.2) is 0 Å². The molecule has 4 rings (SSSR count). The number of amides is 1. The Kier molecular flexibility index (Phi) is 4.15. The topological polar surface area (TPSA) is 58.1 Å². The molecule has 0 bridgehead atoms. The van der Waals surface area contributed by atoms with Crippen LogP contribution in [0.15, 0.2) is 47.5 Å². The predicted molar refractivity (Wildman–Crippen MR) is 103 cm³/mol. The smallest absolute Gasteiger partial charge is 0.274 e. The number of fused-ring (bicyclic) bond motifs is 1. The van der Waals surface area contributed by atoms with E-state index in [1.165, 1.54) is 19.3 Å². The van der Waals surface area contributed by atoms with E-state index in [1.54, 1.807) is 25.2 Å². The van der Waals surface area contributed by atoms with Crippen LogP contribution in [0.25, 0.3) is 22.0 Å². The number of H-pyrrole nitrogens is 1. The van der Waals surface area contributed by atoms with Gasteiger partial charge in [0, 0.05) is 49.5 Å². The Balaban J connectivity index is 1.92. The number of hydrogen-bond acceptors (Lipinski definition) is 2. The molecule has 3 aromatic rings. The fourth-order valence-electron chi connectivity index (χ4n) is 3.65. The number of benzene rings is 1. The van der Waals surface area contributed by atoms with Gasteiger partial charge in [-0.05, 0) is 36.5 Å². The number of nitrogens with zero attached hydrogens (tertiary/aromatic N) is 2. The first-order chi connectivity index (χ1) is 12.6. The van der Waals surface area contributed by atoms with Gasteiger partial charge >= 0.3 is 0 Å². The van der Waals surface area contributed by atoms with Crippen molar-refractivity contribution in [3.63, 3.8) is 0 Å². The highest BCUT2D eigenvalue weighted by molar-refractivity contribution is 6.05. The highest BCUT2D eigenvalue weighted by Crippen LogP contribution is 2.32. The third-order valence-corrected chi connectivity index (χ3v) is 5.33. The minimum atomic E-state index is -0.0407. The van der Waals surface area contributed by atoms with E-state index < -0.39 is 0 Å². The van der Waals surface area contributed by atoms with Crippen LogP contribution in [0.5, 0.6) is 0 Å². The first kappa shape index (κ1) is 16.6. The van der Waals surface area contributed by atoms with E-state index in [0.29, 0.717) is 17.0 Å². The lowest BCUT2D eigenvalue weighted by molar-refractivity contribution is 0.0828. The Morgan fingerprint density at radius 2 is 1.96 bits per heavy atom. The van der Waals surface area contributed by atoms with Crippen LogP contribution in [0.2, 0.25) is 0 Å². The van der Waals surface area contributed by atoms with Crippen molar-refractivity contribution in [1.29, 1.82) is 0 Å². The van der Waals surface area contributed by atoms with Crippen molar-refractivity contribution in [2.45, 2.75) is 25.8 Å². The molecule has 1 aliphatic carbocycles. The maximum atomic E-state index is 12.8. The first-order valence-electron chi connectivity index (χ1n) is 9.08. The van der Waals surface area contributed by atoms with Crippen molar-refractivity contribution in [1.82, 2.24) is 14.5 Å². The van der Waals surface area contributed by atoms with Crippen molar-refractivity contribution in [2.75, 3.05) is 14.1 Å². The number of aromatic amines is 1. The lowest BCUT2D eigenvalue weighted by Crippen LogP contribution is -2.27. The molecule has 1 N–H and O–H groups in total. The van der Waals surface area contributed by atoms with Gasteiger partial charge in [-0.1, -0.05) is 24.6 Å². The highest BCUT2D eigenvalue weighted by Gasteiger charge is 2.21. The van der Waals surface area contributed by atoms with Gasteiger partial charge in [0.2, 0.25) is 0 Å². The lowest BCUT2D eigenvalue weighted by Gasteiger charge is -2.26. The summed E-state index contributed by atoms with van der Waals surface area (Å²) >= 11 is 0. The van der Waals surface area contributed by atoms with Gasteiger partial charge in [0.1, 0.15) is 5.52 Å². The zero-order valence-corrected chi connectivity index (χ0v) is 15.2. The molecule has 1 saturated carbocycles. The largest absolute Gasteiger partial charge is 0.357 e. The van der Waals surface area contributed by atoms with E-state index in [9.17, 15) is 9.59 Å². The predicted octanol–water partition coefficient (Wildman–Crippen LogP) is 3.50. The van der Waals surface area contributed by atoms with E-state index in [1.807, 2.05) is 41.1 Å². The van der Waals surface area contributed by atoms with Gasteiger partial charge < -0.3 is 14.5 Å². The molecule has 0 atom stereocenters. The molecular formula is C21H23N3O2. The summed E-state index contributed by atoms with van der Waals surface area (Å²) in [5, 5.41) is 0.860. The van der Waals surface area contributed by atoms with Crippen LogP contribution in [-0.2, 0) is 6.54 Å². The van der Waals surface area contributed by atoms with Crippen LogP contribution >= 0.6 is 0 Å². The molecule has 1 amide bonds. The van der Waals surface area contributed by atoms with Crippen molar-refractivity contribution < 1.29 is 4.79 Å². The van der Waals surface area contributed by atoms with E-state index in [0.717, 1.165) is 23.1 Å². The fourth-order valence-corrected chi connectivity index (χ4v) is 3.65. The molecule has 0 saturated heterocycles. The number of rotatable bonds is 4. The second-order valence-electron chi connectivity index (χ2n) is 7.31. The van der Waals surface area contributed by atoms with E-state index in [2.05, 4.69) is 4.98 Å². The molecule has 26 heavy (non-hydrogen) atoms. The van der Waals surface area contributed by atoms with Crippen LogP contribution in [0.1, 0.15) is 29.6 Å². The molecule has 5 nitrogen and oxygen atoms in total. The minimum Gasteiger partial charge on any atom is -0.357 e. The van der Waals surface area contributed by atoms with Gasteiger partial charge in [-0.3, -0.25) is 9.59 Å². The number of pyridine rings is 1. The summed E-state index contributed by atoms with van der Waals surface area (Å²) in [4.78, 5) is 30.2. The number of aromatic nitrogens is 2. The first-order valence-corrected chi connectivity index (χ1v) is 9.08. The Morgan fingerprint density at radius 3 is 2.65 bits per heavy atom. The second kappa shape index (κ2) is 6.48. The molecule has 134 valence electrons. The summed E-state index contributed by atoms with van der Waals surface area (Å²) in [6.07, 6.45) is 7.33. The van der Waals surface area contributed by atoms with Crippen LogP contribution in [-0.4, -0.2) is 34.5 Å². The van der Waals surface area contributed by atoms with Gasteiger partial charge in [-0.15, -0.1) is 0 Å². The van der Waals surface area contributed by atoms with Crippen molar-refractivity contribution in [3.05, 3.63) is 58.6 Å². The van der Waals surface area contributed by atoms with Gasteiger partial charge in [-0.2, -0.15) is 0 Å². The third kappa shape index (κ3) is 2.73. The van der Waals surface area contributed by atoms with Crippen molar-refractivity contribution >= 4 is 16.8 Å². The second-order valence-corrected chi connectivity index (χ2v) is 7.31. The fraction of sp³-hybridized carbons (Fsp3) is 0.333. The van der Waals surface area contributed by atoms with Gasteiger partial charge in [0.05, 0.1) is 0 Å². The zero-order valence-electron chi connectivity index (χ0n) is 15.2. The molecule has 1 aliphatic rings. The van der Waals surface area contributed by atoms with E-state index >= 15 is 0 Å². The average molecular weight is 349 g/mol. The average Bonchev–Trinajstić information content (AvgIpc) is 3.09. The molecule has 5 heteroatoms. The number of carbonyl (C=O) groups excluding carboxylic acids is 1. The summed E-state index contributed by atoms with van der Waals surface area (Å²) in [6, 6.07) is 9.52. The number of hydrogen-bond donors (Lipinski definition) is 1. The van der Waals surface area contributed by atoms with Crippen LogP contribution in [0.4, 0.5) is 0 Å². The molecule has 0 aliphatic heterocycles. The Morgan fingerprint density at radius 1 is 1.19 bits per heavy atom. The molecule has 1 fully saturated rings.